The highest BCUT2D eigenvalue weighted by Gasteiger charge is 2.13. The predicted molar refractivity (Wildman–Crippen MR) is 102 cm³/mol. The summed E-state index contributed by atoms with van der Waals surface area (Å²) in [5.74, 6) is 2.24. The third-order valence-electron chi connectivity index (χ3n) is 4.24. The van der Waals surface area contributed by atoms with Crippen molar-refractivity contribution in [3.63, 3.8) is 0 Å². The van der Waals surface area contributed by atoms with Crippen LogP contribution in [0.5, 0.6) is 17.2 Å². The minimum absolute atomic E-state index is 0.475. The molecule has 5 heteroatoms. The standard InChI is InChI=1S/C21H23NO4/c1-14-12-18(17-13-15(24-3)8-9-19(17)25-4)22-21-16(14)6-5-7-20(21)26-11-10-23-2/h5-9,12-13H,10-11H2,1-4H3. The van der Waals surface area contributed by atoms with Gasteiger partial charge in [0, 0.05) is 18.1 Å². The second kappa shape index (κ2) is 8.06. The Morgan fingerprint density at radius 2 is 1.73 bits per heavy atom. The van der Waals surface area contributed by atoms with Crippen LogP contribution in [-0.4, -0.2) is 39.5 Å². The molecule has 3 rings (SSSR count). The number of rotatable bonds is 7. The van der Waals surface area contributed by atoms with E-state index in [1.54, 1.807) is 21.3 Å². The number of aryl methyl sites for hydroxylation is 1. The number of fused-ring (bicyclic) bond motifs is 1. The largest absolute Gasteiger partial charge is 0.497 e. The molecule has 1 heterocycles. The van der Waals surface area contributed by atoms with Crippen LogP contribution in [-0.2, 0) is 4.74 Å². The second-order valence-electron chi connectivity index (χ2n) is 5.88. The Hall–Kier alpha value is -2.79. The molecule has 0 spiro atoms. The van der Waals surface area contributed by atoms with Gasteiger partial charge in [0.15, 0.2) is 0 Å². The van der Waals surface area contributed by atoms with Gasteiger partial charge in [-0.1, -0.05) is 12.1 Å². The molecule has 5 nitrogen and oxygen atoms in total. The zero-order chi connectivity index (χ0) is 18.5. The summed E-state index contributed by atoms with van der Waals surface area (Å²) in [6.45, 7) is 3.07. The molecule has 0 aliphatic carbocycles. The maximum absolute atomic E-state index is 5.86. The average molecular weight is 353 g/mol. The fourth-order valence-electron chi connectivity index (χ4n) is 2.90. The molecule has 0 N–H and O–H groups in total. The van der Waals surface area contributed by atoms with Crippen molar-refractivity contribution in [2.24, 2.45) is 0 Å². The first-order valence-electron chi connectivity index (χ1n) is 8.42. The smallest absolute Gasteiger partial charge is 0.145 e. The Morgan fingerprint density at radius 3 is 2.46 bits per heavy atom. The van der Waals surface area contributed by atoms with E-state index in [1.165, 1.54) is 0 Å². The number of pyridine rings is 1. The van der Waals surface area contributed by atoms with Gasteiger partial charge in [0.2, 0.25) is 0 Å². The van der Waals surface area contributed by atoms with Crippen LogP contribution in [0.1, 0.15) is 5.56 Å². The van der Waals surface area contributed by atoms with Gasteiger partial charge in [-0.05, 0) is 42.8 Å². The fourth-order valence-corrected chi connectivity index (χ4v) is 2.90. The predicted octanol–water partition coefficient (Wildman–Crippen LogP) is 4.25. The zero-order valence-corrected chi connectivity index (χ0v) is 15.5. The van der Waals surface area contributed by atoms with Crippen LogP contribution >= 0.6 is 0 Å². The fraction of sp³-hybridized carbons (Fsp3) is 0.286. The normalized spacial score (nSPS) is 10.8. The topological polar surface area (TPSA) is 49.8 Å². The molecule has 0 saturated heterocycles. The maximum atomic E-state index is 5.86. The Bertz CT molecular complexity index is 908. The number of hydrogen-bond acceptors (Lipinski definition) is 5. The molecule has 0 amide bonds. The molecule has 1 aromatic heterocycles. The summed E-state index contributed by atoms with van der Waals surface area (Å²) in [6, 6.07) is 13.7. The first kappa shape index (κ1) is 18.0. The molecule has 0 fully saturated rings. The molecule has 0 bridgehead atoms. The Labute approximate surface area is 153 Å². The Morgan fingerprint density at radius 1 is 0.885 bits per heavy atom. The third-order valence-corrected chi connectivity index (χ3v) is 4.24. The summed E-state index contributed by atoms with van der Waals surface area (Å²) in [6.07, 6.45) is 0. The van der Waals surface area contributed by atoms with Gasteiger partial charge in [-0.25, -0.2) is 4.98 Å². The quantitative estimate of drug-likeness (QED) is 0.594. The lowest BCUT2D eigenvalue weighted by atomic mass is 10.0. The van der Waals surface area contributed by atoms with Gasteiger partial charge in [-0.15, -0.1) is 0 Å². The Kier molecular flexibility index (Phi) is 5.58. The number of benzene rings is 2. The van der Waals surface area contributed by atoms with E-state index in [0.29, 0.717) is 13.2 Å². The number of nitrogens with zero attached hydrogens (tertiary/aromatic N) is 1. The van der Waals surface area contributed by atoms with Gasteiger partial charge in [-0.2, -0.15) is 0 Å². The monoisotopic (exact) mass is 353 g/mol. The van der Waals surface area contributed by atoms with Gasteiger partial charge >= 0.3 is 0 Å². The van der Waals surface area contributed by atoms with Gasteiger partial charge in [0.05, 0.1) is 26.5 Å². The molecular weight excluding hydrogens is 330 g/mol. The van der Waals surface area contributed by atoms with E-state index in [1.807, 2.05) is 36.4 Å². The lowest BCUT2D eigenvalue weighted by Gasteiger charge is -2.14. The van der Waals surface area contributed by atoms with Crippen molar-refractivity contribution >= 4 is 10.9 Å². The zero-order valence-electron chi connectivity index (χ0n) is 15.5. The molecule has 0 unspecified atom stereocenters. The third kappa shape index (κ3) is 3.58. The van der Waals surface area contributed by atoms with Gasteiger partial charge in [0.1, 0.15) is 29.4 Å². The van der Waals surface area contributed by atoms with Crippen molar-refractivity contribution < 1.29 is 18.9 Å². The lowest BCUT2D eigenvalue weighted by Crippen LogP contribution is -2.05. The van der Waals surface area contributed by atoms with Crippen molar-refractivity contribution in [3.8, 4) is 28.5 Å². The molecule has 0 saturated carbocycles. The molecule has 0 atom stereocenters. The average Bonchev–Trinajstić information content (AvgIpc) is 2.68. The number of ether oxygens (including phenoxy) is 4. The molecule has 26 heavy (non-hydrogen) atoms. The molecule has 2 aromatic carbocycles. The Balaban J connectivity index is 2.14. The first-order chi connectivity index (χ1) is 12.7. The maximum Gasteiger partial charge on any atom is 0.145 e. The summed E-state index contributed by atoms with van der Waals surface area (Å²) in [5, 5.41) is 1.06. The molecule has 0 aliphatic heterocycles. The van der Waals surface area contributed by atoms with Crippen LogP contribution < -0.4 is 14.2 Å². The number of aromatic nitrogens is 1. The minimum Gasteiger partial charge on any atom is -0.497 e. The highest BCUT2D eigenvalue weighted by molar-refractivity contribution is 5.90. The highest BCUT2D eigenvalue weighted by atomic mass is 16.5. The van der Waals surface area contributed by atoms with Crippen molar-refractivity contribution in [3.05, 3.63) is 48.0 Å². The van der Waals surface area contributed by atoms with Crippen molar-refractivity contribution in [1.82, 2.24) is 4.98 Å². The van der Waals surface area contributed by atoms with Crippen LogP contribution in [0.4, 0.5) is 0 Å². The number of para-hydroxylation sites is 1. The minimum atomic E-state index is 0.475. The van der Waals surface area contributed by atoms with Crippen molar-refractivity contribution in [1.29, 1.82) is 0 Å². The number of hydrogen-bond donors (Lipinski definition) is 0. The van der Waals surface area contributed by atoms with E-state index in [2.05, 4.69) is 13.0 Å². The summed E-state index contributed by atoms with van der Waals surface area (Å²) in [7, 11) is 4.95. The number of methoxy groups -OCH3 is 3. The van der Waals surface area contributed by atoms with E-state index in [0.717, 1.165) is 45.0 Å². The molecule has 136 valence electrons. The second-order valence-corrected chi connectivity index (χ2v) is 5.88. The van der Waals surface area contributed by atoms with E-state index < -0.39 is 0 Å². The molecule has 3 aromatic rings. The van der Waals surface area contributed by atoms with Crippen LogP contribution in [0, 0.1) is 6.92 Å². The SMILES string of the molecule is COCCOc1cccc2c(C)cc(-c3cc(OC)ccc3OC)nc12. The molecule has 0 aliphatic rings. The summed E-state index contributed by atoms with van der Waals surface area (Å²) >= 11 is 0. The van der Waals surface area contributed by atoms with Gasteiger partial charge in [0.25, 0.3) is 0 Å². The summed E-state index contributed by atoms with van der Waals surface area (Å²) < 4.78 is 21.8. The van der Waals surface area contributed by atoms with Crippen LogP contribution in [0.25, 0.3) is 22.2 Å². The summed E-state index contributed by atoms with van der Waals surface area (Å²) in [5.41, 5.74) is 3.63. The van der Waals surface area contributed by atoms with Crippen LogP contribution in [0.15, 0.2) is 42.5 Å². The van der Waals surface area contributed by atoms with Gasteiger partial charge in [-0.3, -0.25) is 0 Å². The van der Waals surface area contributed by atoms with E-state index in [9.17, 15) is 0 Å². The van der Waals surface area contributed by atoms with Crippen molar-refractivity contribution in [2.75, 3.05) is 34.5 Å². The highest BCUT2D eigenvalue weighted by Crippen LogP contribution is 2.36. The van der Waals surface area contributed by atoms with Crippen LogP contribution in [0.2, 0.25) is 0 Å². The van der Waals surface area contributed by atoms with Crippen LogP contribution in [0.3, 0.4) is 0 Å². The van der Waals surface area contributed by atoms with Crippen molar-refractivity contribution in [2.45, 2.75) is 6.92 Å². The van der Waals surface area contributed by atoms with E-state index >= 15 is 0 Å². The first-order valence-corrected chi connectivity index (χ1v) is 8.42. The molecule has 0 radical (unpaired) electrons. The molecular formula is C21H23NO4. The lowest BCUT2D eigenvalue weighted by molar-refractivity contribution is 0.147. The van der Waals surface area contributed by atoms with E-state index in [4.69, 9.17) is 23.9 Å². The summed E-state index contributed by atoms with van der Waals surface area (Å²) in [4.78, 5) is 4.87. The van der Waals surface area contributed by atoms with E-state index in [-0.39, 0.29) is 0 Å². The van der Waals surface area contributed by atoms with Gasteiger partial charge < -0.3 is 18.9 Å².